The minimum atomic E-state index is 0. The summed E-state index contributed by atoms with van der Waals surface area (Å²) >= 11 is 0. The number of ether oxygens (including phenoxy) is 1. The molecule has 11 heavy (non-hydrogen) atoms. The second-order valence-electron chi connectivity index (χ2n) is 3.40. The maximum Gasteiger partial charge on any atom is 0.0497 e. The molecule has 2 aliphatic rings. The van der Waals surface area contributed by atoms with Crippen LogP contribution in [0.5, 0.6) is 0 Å². The summed E-state index contributed by atoms with van der Waals surface area (Å²) in [6.07, 6.45) is 2.67. The molecule has 3 heteroatoms. The first-order valence-electron chi connectivity index (χ1n) is 4.25. The summed E-state index contributed by atoms with van der Waals surface area (Å²) in [5.41, 5.74) is 0. The van der Waals surface area contributed by atoms with Gasteiger partial charge in [-0.15, -0.1) is 12.4 Å². The minimum absolute atomic E-state index is 0. The molecule has 0 saturated carbocycles. The van der Waals surface area contributed by atoms with E-state index in [1.165, 1.54) is 25.9 Å². The van der Waals surface area contributed by atoms with Gasteiger partial charge in [0.1, 0.15) is 0 Å². The first-order chi connectivity index (χ1) is 4.97. The summed E-state index contributed by atoms with van der Waals surface area (Å²) in [5, 5.41) is 3.30. The number of hydrogen-bond acceptors (Lipinski definition) is 2. The van der Waals surface area contributed by atoms with Gasteiger partial charge in [0.05, 0.1) is 0 Å². The van der Waals surface area contributed by atoms with Gasteiger partial charge in [-0.1, -0.05) is 0 Å². The fraction of sp³-hybridized carbons (Fsp3) is 1.00. The largest absolute Gasteiger partial charge is 0.381 e. The topological polar surface area (TPSA) is 21.3 Å². The predicted molar refractivity (Wildman–Crippen MR) is 47.2 cm³/mol. The molecule has 0 spiro atoms. The van der Waals surface area contributed by atoms with Crippen LogP contribution in [0.1, 0.15) is 12.8 Å². The zero-order chi connectivity index (χ0) is 6.81. The Labute approximate surface area is 74.1 Å². The van der Waals surface area contributed by atoms with Gasteiger partial charge in [0.25, 0.3) is 0 Å². The second-order valence-corrected chi connectivity index (χ2v) is 3.40. The molecule has 2 rings (SSSR count). The highest BCUT2D eigenvalue weighted by Crippen LogP contribution is 2.24. The lowest BCUT2D eigenvalue weighted by molar-refractivity contribution is 0.0188. The molecule has 0 aromatic heterocycles. The number of halogens is 1. The fourth-order valence-electron chi connectivity index (χ4n) is 1.78. The van der Waals surface area contributed by atoms with Crippen molar-refractivity contribution in [1.82, 2.24) is 5.32 Å². The average molecular weight is 178 g/mol. The zero-order valence-electron chi connectivity index (χ0n) is 6.71. The van der Waals surface area contributed by atoms with Gasteiger partial charge in [-0.25, -0.2) is 0 Å². The van der Waals surface area contributed by atoms with Crippen LogP contribution in [0.4, 0.5) is 0 Å². The third kappa shape index (κ3) is 2.08. The van der Waals surface area contributed by atoms with E-state index in [-0.39, 0.29) is 12.4 Å². The molecule has 2 fully saturated rings. The summed E-state index contributed by atoms with van der Waals surface area (Å²) in [5.74, 6) is 1.80. The SMILES string of the molecule is C1COCC(C2CNC2)C1.Cl. The molecule has 2 heterocycles. The van der Waals surface area contributed by atoms with Gasteiger partial charge in [0.15, 0.2) is 0 Å². The van der Waals surface area contributed by atoms with Crippen LogP contribution in [-0.2, 0) is 4.74 Å². The lowest BCUT2D eigenvalue weighted by Gasteiger charge is -2.36. The molecule has 0 aromatic rings. The van der Waals surface area contributed by atoms with E-state index in [1.54, 1.807) is 0 Å². The molecule has 0 amide bonds. The van der Waals surface area contributed by atoms with E-state index in [1.807, 2.05) is 0 Å². The highest BCUT2D eigenvalue weighted by Gasteiger charge is 2.28. The molecule has 66 valence electrons. The van der Waals surface area contributed by atoms with Gasteiger partial charge in [-0.3, -0.25) is 0 Å². The van der Waals surface area contributed by atoms with E-state index in [4.69, 9.17) is 4.74 Å². The maximum absolute atomic E-state index is 5.41. The molecule has 2 nitrogen and oxygen atoms in total. The summed E-state index contributed by atoms with van der Waals surface area (Å²) in [7, 11) is 0. The Balaban J connectivity index is 0.000000605. The molecule has 0 aromatic carbocycles. The highest BCUT2D eigenvalue weighted by atomic mass is 35.5. The molecule has 1 N–H and O–H groups in total. The van der Waals surface area contributed by atoms with E-state index in [0.29, 0.717) is 0 Å². The number of hydrogen-bond donors (Lipinski definition) is 1. The van der Waals surface area contributed by atoms with Crippen molar-refractivity contribution in [2.75, 3.05) is 26.3 Å². The van der Waals surface area contributed by atoms with Crippen molar-refractivity contribution in [3.63, 3.8) is 0 Å². The molecule has 0 aliphatic carbocycles. The first-order valence-corrected chi connectivity index (χ1v) is 4.25. The maximum atomic E-state index is 5.41. The molecule has 1 unspecified atom stereocenters. The lowest BCUT2D eigenvalue weighted by Crippen LogP contribution is -2.48. The van der Waals surface area contributed by atoms with Crippen LogP contribution < -0.4 is 5.32 Å². The van der Waals surface area contributed by atoms with Crippen molar-refractivity contribution >= 4 is 12.4 Å². The zero-order valence-corrected chi connectivity index (χ0v) is 7.53. The average Bonchev–Trinajstić information content (AvgIpc) is 1.86. The van der Waals surface area contributed by atoms with Gasteiger partial charge in [-0.05, 0) is 37.8 Å². The third-order valence-electron chi connectivity index (χ3n) is 2.68. The van der Waals surface area contributed by atoms with Crippen LogP contribution in [0.15, 0.2) is 0 Å². The van der Waals surface area contributed by atoms with Gasteiger partial charge < -0.3 is 10.1 Å². The highest BCUT2D eigenvalue weighted by molar-refractivity contribution is 5.85. The fourth-order valence-corrected chi connectivity index (χ4v) is 1.78. The Morgan fingerprint density at radius 3 is 2.45 bits per heavy atom. The summed E-state index contributed by atoms with van der Waals surface area (Å²) in [6, 6.07) is 0. The number of rotatable bonds is 1. The van der Waals surface area contributed by atoms with Gasteiger partial charge in [-0.2, -0.15) is 0 Å². The Hall–Kier alpha value is 0.210. The third-order valence-corrected chi connectivity index (χ3v) is 2.68. The summed E-state index contributed by atoms with van der Waals surface area (Å²) < 4.78 is 5.41. The van der Waals surface area contributed by atoms with E-state index >= 15 is 0 Å². The van der Waals surface area contributed by atoms with Crippen molar-refractivity contribution in [1.29, 1.82) is 0 Å². The molecule has 0 bridgehead atoms. The van der Waals surface area contributed by atoms with Crippen LogP contribution in [-0.4, -0.2) is 26.3 Å². The van der Waals surface area contributed by atoms with Crippen LogP contribution in [0.25, 0.3) is 0 Å². The van der Waals surface area contributed by atoms with Crippen LogP contribution >= 0.6 is 12.4 Å². The second kappa shape index (κ2) is 4.29. The molecular formula is C8H16ClNO. The summed E-state index contributed by atoms with van der Waals surface area (Å²) in [6.45, 7) is 4.48. The predicted octanol–water partition coefficient (Wildman–Crippen LogP) is 1.05. The molecule has 0 radical (unpaired) electrons. The molecular weight excluding hydrogens is 162 g/mol. The van der Waals surface area contributed by atoms with E-state index in [9.17, 15) is 0 Å². The lowest BCUT2D eigenvalue weighted by atomic mass is 9.84. The van der Waals surface area contributed by atoms with Gasteiger partial charge in [0.2, 0.25) is 0 Å². The van der Waals surface area contributed by atoms with Crippen LogP contribution in [0.2, 0.25) is 0 Å². The van der Waals surface area contributed by atoms with Crippen molar-refractivity contribution in [3.8, 4) is 0 Å². The monoisotopic (exact) mass is 177 g/mol. The quantitative estimate of drug-likeness (QED) is 0.647. The van der Waals surface area contributed by atoms with Crippen molar-refractivity contribution in [3.05, 3.63) is 0 Å². The van der Waals surface area contributed by atoms with E-state index in [0.717, 1.165) is 25.0 Å². The molecule has 2 saturated heterocycles. The Morgan fingerprint density at radius 1 is 1.18 bits per heavy atom. The normalized spacial score (nSPS) is 32.2. The van der Waals surface area contributed by atoms with Crippen LogP contribution in [0, 0.1) is 11.8 Å². The first kappa shape index (κ1) is 9.30. The molecule has 2 aliphatic heterocycles. The van der Waals surface area contributed by atoms with Crippen molar-refractivity contribution in [2.24, 2.45) is 11.8 Å². The Morgan fingerprint density at radius 2 is 2.00 bits per heavy atom. The van der Waals surface area contributed by atoms with E-state index in [2.05, 4.69) is 5.32 Å². The Kier molecular flexibility index (Phi) is 3.63. The standard InChI is InChI=1S/C8H15NO.ClH/c1-2-7(6-10-3-1)8-4-9-5-8;/h7-9H,1-6H2;1H. The van der Waals surface area contributed by atoms with E-state index < -0.39 is 0 Å². The summed E-state index contributed by atoms with van der Waals surface area (Å²) in [4.78, 5) is 0. The Bertz CT molecular complexity index is 111. The van der Waals surface area contributed by atoms with Crippen molar-refractivity contribution in [2.45, 2.75) is 12.8 Å². The van der Waals surface area contributed by atoms with Crippen LogP contribution in [0.3, 0.4) is 0 Å². The smallest absolute Gasteiger partial charge is 0.0497 e. The molecule has 1 atom stereocenters. The minimum Gasteiger partial charge on any atom is -0.381 e. The number of nitrogens with one attached hydrogen (secondary N) is 1. The van der Waals surface area contributed by atoms with Gasteiger partial charge in [0, 0.05) is 13.2 Å². The van der Waals surface area contributed by atoms with Gasteiger partial charge >= 0.3 is 0 Å². The van der Waals surface area contributed by atoms with Crippen molar-refractivity contribution < 1.29 is 4.74 Å².